The van der Waals surface area contributed by atoms with Gasteiger partial charge in [-0.05, 0) is 97.1 Å². The molecule has 0 aliphatic rings. The van der Waals surface area contributed by atoms with Crippen LogP contribution in [0.2, 0.25) is 10.0 Å². The van der Waals surface area contributed by atoms with Crippen molar-refractivity contribution in [3.63, 3.8) is 0 Å². The Morgan fingerprint density at radius 2 is 1.39 bits per heavy atom. The number of carbonyl (C=O) groups is 1. The summed E-state index contributed by atoms with van der Waals surface area (Å²) in [4.78, 5) is 16.1. The van der Waals surface area contributed by atoms with Gasteiger partial charge in [-0.15, -0.1) is 20.5 Å². The van der Waals surface area contributed by atoms with E-state index in [2.05, 4.69) is 53.5 Å². The molecule has 0 fully saturated rings. The lowest BCUT2D eigenvalue weighted by molar-refractivity contribution is -0.116. The van der Waals surface area contributed by atoms with Crippen LogP contribution in [0.4, 0.5) is 50.1 Å². The van der Waals surface area contributed by atoms with Gasteiger partial charge in [0.15, 0.2) is 16.6 Å². The Labute approximate surface area is 391 Å². The number of rotatable bonds is 14. The van der Waals surface area contributed by atoms with Gasteiger partial charge in [-0.3, -0.25) is 13.9 Å². The third-order valence-electron chi connectivity index (χ3n) is 9.62. The monoisotopic (exact) mass is 978 g/mol. The molecule has 0 aliphatic carbocycles. The number of azo groups is 2. The van der Waals surface area contributed by atoms with Gasteiger partial charge in [-0.2, -0.15) is 27.4 Å². The second-order valence-corrected chi connectivity index (χ2v) is 18.7. The maximum atomic E-state index is 12.3. The molecule has 5 N–H and O–H groups in total. The fourth-order valence-electron chi connectivity index (χ4n) is 6.52. The number of halogens is 2. The lowest BCUT2D eigenvalue weighted by atomic mass is 10.0. The summed E-state index contributed by atoms with van der Waals surface area (Å²) >= 11 is 13.1. The zero-order chi connectivity index (χ0) is 47.3. The predicted molar refractivity (Wildman–Crippen MR) is 253 cm³/mol. The Balaban J connectivity index is 1.36. The SMILES string of the molecule is CCCC(=O)Nc1ccc(-c2c(N=Nc3ccc4cccc(S(=O)(=O)O)c4c3)sc(N=Nc3c(Nc4ccc(Cl)cc4)nc(Nc4ccc(Cl)c(S(=O)(=O)O)c4)c(C#N)c3C)c2C#N)cc1. The Morgan fingerprint density at radius 3 is 2.06 bits per heavy atom. The highest BCUT2D eigenvalue weighted by atomic mass is 35.5. The number of nitrogens with one attached hydrogen (secondary N) is 3. The predicted octanol–water partition coefficient (Wildman–Crippen LogP) is 12.9. The molecule has 332 valence electrons. The molecule has 0 spiro atoms. The number of fused-ring (bicyclic) bond motifs is 1. The number of pyridine rings is 1. The largest absolute Gasteiger partial charge is 0.339 e. The minimum Gasteiger partial charge on any atom is -0.339 e. The summed E-state index contributed by atoms with van der Waals surface area (Å²) in [5.74, 6) is -0.127. The van der Waals surface area contributed by atoms with E-state index in [0.29, 0.717) is 45.8 Å². The lowest BCUT2D eigenvalue weighted by Crippen LogP contribution is -2.10. The highest BCUT2D eigenvalue weighted by molar-refractivity contribution is 7.86. The van der Waals surface area contributed by atoms with Crippen LogP contribution in [0.25, 0.3) is 21.9 Å². The maximum Gasteiger partial charge on any atom is 0.296 e. The Bertz CT molecular complexity index is 3440. The van der Waals surface area contributed by atoms with Crippen molar-refractivity contribution < 1.29 is 30.7 Å². The maximum absolute atomic E-state index is 12.3. The molecule has 66 heavy (non-hydrogen) atoms. The van der Waals surface area contributed by atoms with E-state index in [1.165, 1.54) is 30.3 Å². The van der Waals surface area contributed by atoms with Crippen molar-refractivity contribution in [1.82, 2.24) is 4.98 Å². The van der Waals surface area contributed by atoms with E-state index >= 15 is 0 Å². The number of aromatic nitrogens is 1. The minimum atomic E-state index is -4.72. The first kappa shape index (κ1) is 46.8. The summed E-state index contributed by atoms with van der Waals surface area (Å²) in [5.41, 5.74) is 2.53. The molecule has 0 aliphatic heterocycles. The Hall–Kier alpha value is -7.14. The van der Waals surface area contributed by atoms with Gasteiger partial charge in [0.1, 0.15) is 38.2 Å². The third kappa shape index (κ3) is 10.5. The summed E-state index contributed by atoms with van der Waals surface area (Å²) in [6.07, 6.45) is 0.979. The molecule has 7 aromatic rings. The first-order valence-corrected chi connectivity index (χ1v) is 23.7. The van der Waals surface area contributed by atoms with Crippen LogP contribution in [-0.4, -0.2) is 36.8 Å². The van der Waals surface area contributed by atoms with Crippen LogP contribution in [-0.2, 0) is 25.0 Å². The topological polar surface area (TPSA) is 272 Å². The minimum absolute atomic E-state index is 0.0190. The first-order chi connectivity index (χ1) is 31.5. The lowest BCUT2D eigenvalue weighted by Gasteiger charge is -2.16. The van der Waals surface area contributed by atoms with Gasteiger partial charge < -0.3 is 16.0 Å². The fraction of sp³-hybridized carbons (Fsp3) is 0.0909. The smallest absolute Gasteiger partial charge is 0.296 e. The number of thiophene rings is 1. The highest BCUT2D eigenvalue weighted by Crippen LogP contribution is 2.49. The molecule has 0 saturated carbocycles. The van der Waals surface area contributed by atoms with Crippen LogP contribution < -0.4 is 16.0 Å². The number of hydrogen-bond acceptors (Lipinski definition) is 15. The summed E-state index contributed by atoms with van der Waals surface area (Å²) in [6, 6.07) is 30.4. The van der Waals surface area contributed by atoms with Crippen LogP contribution >= 0.6 is 34.5 Å². The van der Waals surface area contributed by atoms with Crippen molar-refractivity contribution in [2.45, 2.75) is 36.5 Å². The molecule has 17 nitrogen and oxygen atoms in total. The van der Waals surface area contributed by atoms with Gasteiger partial charge in [0, 0.05) is 45.0 Å². The molecular formula is C44H32Cl2N10O7S3. The van der Waals surface area contributed by atoms with Gasteiger partial charge in [-0.25, -0.2) is 4.98 Å². The normalized spacial score (nSPS) is 11.8. The number of benzene rings is 5. The van der Waals surface area contributed by atoms with Crippen molar-refractivity contribution in [3.05, 3.63) is 130 Å². The Morgan fingerprint density at radius 1 is 0.742 bits per heavy atom. The molecule has 0 saturated heterocycles. The van der Waals surface area contributed by atoms with Crippen molar-refractivity contribution >= 4 is 122 Å². The van der Waals surface area contributed by atoms with E-state index in [9.17, 15) is 41.3 Å². The molecule has 2 heterocycles. The molecule has 2 aromatic heterocycles. The third-order valence-corrected chi connectivity index (χ3v) is 13.1. The van der Waals surface area contributed by atoms with Gasteiger partial charge >= 0.3 is 0 Å². The van der Waals surface area contributed by atoms with E-state index in [4.69, 9.17) is 23.2 Å². The summed E-state index contributed by atoms with van der Waals surface area (Å²) < 4.78 is 68.0. The van der Waals surface area contributed by atoms with Crippen LogP contribution in [0.15, 0.2) is 133 Å². The number of nitriles is 2. The molecule has 0 atom stereocenters. The summed E-state index contributed by atoms with van der Waals surface area (Å²) in [6.45, 7) is 3.47. The number of hydrogen-bond donors (Lipinski definition) is 5. The van der Waals surface area contributed by atoms with Gasteiger partial charge in [0.05, 0.1) is 16.3 Å². The molecule has 0 unspecified atom stereocenters. The average Bonchev–Trinajstić information content (AvgIpc) is 3.63. The van der Waals surface area contributed by atoms with Crippen LogP contribution in [0.5, 0.6) is 0 Å². The number of amides is 1. The van der Waals surface area contributed by atoms with E-state index in [1.54, 1.807) is 73.7 Å². The van der Waals surface area contributed by atoms with Crippen molar-refractivity contribution in [2.24, 2.45) is 20.5 Å². The molecule has 22 heteroatoms. The van der Waals surface area contributed by atoms with E-state index in [0.717, 1.165) is 17.4 Å². The quantitative estimate of drug-likeness (QED) is 0.0503. The first-order valence-electron chi connectivity index (χ1n) is 19.3. The van der Waals surface area contributed by atoms with Crippen LogP contribution in [0, 0.1) is 29.6 Å². The zero-order valence-electron chi connectivity index (χ0n) is 34.3. The molecule has 1 amide bonds. The second-order valence-electron chi connectivity index (χ2n) is 14.1. The van der Waals surface area contributed by atoms with Crippen molar-refractivity contribution in [1.29, 1.82) is 10.5 Å². The molecule has 0 bridgehead atoms. The van der Waals surface area contributed by atoms with E-state index in [-0.39, 0.29) is 76.6 Å². The second kappa shape index (κ2) is 19.5. The molecule has 7 rings (SSSR count). The average molecular weight is 980 g/mol. The number of anilines is 5. The number of nitrogens with zero attached hydrogens (tertiary/aromatic N) is 7. The summed E-state index contributed by atoms with van der Waals surface area (Å²) in [5, 5.41) is 49.1. The molecule has 0 radical (unpaired) electrons. The number of carbonyl (C=O) groups excluding carboxylic acids is 1. The highest BCUT2D eigenvalue weighted by Gasteiger charge is 2.24. The zero-order valence-corrected chi connectivity index (χ0v) is 38.2. The van der Waals surface area contributed by atoms with Crippen molar-refractivity contribution in [2.75, 3.05) is 16.0 Å². The van der Waals surface area contributed by atoms with Gasteiger partial charge in [-0.1, -0.05) is 71.8 Å². The summed E-state index contributed by atoms with van der Waals surface area (Å²) in [7, 11) is -9.30. The fourth-order valence-corrected chi connectivity index (χ4v) is 9.27. The van der Waals surface area contributed by atoms with Crippen LogP contribution in [0.1, 0.15) is 36.5 Å². The van der Waals surface area contributed by atoms with E-state index < -0.39 is 25.1 Å². The molecular weight excluding hydrogens is 948 g/mol. The van der Waals surface area contributed by atoms with Gasteiger partial charge in [0.2, 0.25) is 5.91 Å². The van der Waals surface area contributed by atoms with Gasteiger partial charge in [0.25, 0.3) is 20.2 Å². The van der Waals surface area contributed by atoms with E-state index in [1.807, 2.05) is 6.92 Å². The molecule has 5 aromatic carbocycles. The van der Waals surface area contributed by atoms with Crippen LogP contribution in [0.3, 0.4) is 0 Å². The van der Waals surface area contributed by atoms with Crippen molar-refractivity contribution in [3.8, 4) is 23.3 Å². The standard InChI is InChI=1S/C44H32Cl2N10O7S3/c1-3-5-38(57)49-28-13-9-26(10-14-28)39-34(23-48)43(64-44(39)56-53-31-15-8-25-6-4-7-36(32(25)20-31)65(58,59)60)55-54-40-24(2)33(22-47)41(52-42(40)50-29-16-11-27(45)12-17-29)51-30-18-19-35(46)37(21-30)66(61,62)63/h4,6-21H,3,5H2,1-2H3,(H,49,57)(H2,50,51,52)(H,58,59,60)(H,61,62,63). The Kier molecular flexibility index (Phi) is 13.9.